The van der Waals surface area contributed by atoms with E-state index >= 15 is 0 Å². The number of halogens is 3. The van der Waals surface area contributed by atoms with Crippen molar-refractivity contribution < 1.29 is 22.7 Å². The number of phenols is 1. The Morgan fingerprint density at radius 2 is 2.04 bits per heavy atom. The van der Waals surface area contributed by atoms with Crippen molar-refractivity contribution in [3.8, 4) is 16.3 Å². The fourth-order valence-electron chi connectivity index (χ4n) is 2.42. The fraction of sp³-hybridized carbons (Fsp3) is 0.250. The van der Waals surface area contributed by atoms with Crippen LogP contribution < -0.4 is 5.43 Å². The highest BCUT2D eigenvalue weighted by Crippen LogP contribution is 2.39. The molecule has 2 heterocycles. The van der Waals surface area contributed by atoms with Gasteiger partial charge in [0.15, 0.2) is 0 Å². The first-order chi connectivity index (χ1) is 11.2. The minimum absolute atomic E-state index is 0.0134. The summed E-state index contributed by atoms with van der Waals surface area (Å²) >= 11 is 0.948. The number of hydrogen-bond acceptors (Lipinski definition) is 5. The summed E-state index contributed by atoms with van der Waals surface area (Å²) in [6.07, 6.45) is -4.44. The second-order valence-electron chi connectivity index (χ2n) is 5.26. The number of rotatable bonds is 2. The highest BCUT2D eigenvalue weighted by molar-refractivity contribution is 7.13. The minimum atomic E-state index is -4.86. The molecular formula is C16H12F3NO3S. The van der Waals surface area contributed by atoms with E-state index in [2.05, 4.69) is 4.98 Å². The number of phenolic OH excluding ortho intramolecular Hbond substituents is 1. The number of thiazole rings is 1. The van der Waals surface area contributed by atoms with Gasteiger partial charge in [-0.2, -0.15) is 13.2 Å². The first-order valence-corrected chi connectivity index (χ1v) is 7.92. The second kappa shape index (κ2) is 5.62. The van der Waals surface area contributed by atoms with E-state index in [1.807, 2.05) is 0 Å². The second-order valence-corrected chi connectivity index (χ2v) is 6.12. The maximum Gasteiger partial charge on any atom is 0.450 e. The Kier molecular flexibility index (Phi) is 3.87. The molecule has 24 heavy (non-hydrogen) atoms. The Bertz CT molecular complexity index is 989. The molecule has 0 atom stereocenters. The molecule has 0 aliphatic heterocycles. The quantitative estimate of drug-likeness (QED) is 0.734. The molecule has 0 aliphatic carbocycles. The maximum atomic E-state index is 13.4. The molecule has 0 aliphatic rings. The van der Waals surface area contributed by atoms with Gasteiger partial charge in [-0.05, 0) is 25.0 Å². The van der Waals surface area contributed by atoms with Gasteiger partial charge in [0.1, 0.15) is 21.9 Å². The zero-order chi connectivity index (χ0) is 17.6. The summed E-state index contributed by atoms with van der Waals surface area (Å²) < 4.78 is 45.1. The van der Waals surface area contributed by atoms with Crippen LogP contribution in [0.15, 0.2) is 26.7 Å². The number of aromatic nitrogens is 1. The van der Waals surface area contributed by atoms with Crippen LogP contribution in [0.1, 0.15) is 23.9 Å². The lowest BCUT2D eigenvalue weighted by Crippen LogP contribution is -2.16. The van der Waals surface area contributed by atoms with E-state index in [0.29, 0.717) is 17.7 Å². The summed E-state index contributed by atoms with van der Waals surface area (Å²) in [6.45, 7) is 3.39. The number of nitrogens with zero attached hydrogens (tertiary/aromatic N) is 1. The predicted molar refractivity (Wildman–Crippen MR) is 84.4 cm³/mol. The molecule has 0 saturated carbocycles. The summed E-state index contributed by atoms with van der Waals surface area (Å²) in [4.78, 5) is 16.7. The van der Waals surface area contributed by atoms with Gasteiger partial charge in [0, 0.05) is 17.1 Å². The highest BCUT2D eigenvalue weighted by atomic mass is 32.1. The lowest BCUT2D eigenvalue weighted by molar-refractivity contribution is -0.152. The van der Waals surface area contributed by atoms with Gasteiger partial charge >= 0.3 is 6.18 Å². The van der Waals surface area contributed by atoms with Crippen molar-refractivity contribution in [3.63, 3.8) is 0 Å². The van der Waals surface area contributed by atoms with E-state index in [1.54, 1.807) is 19.2 Å². The summed E-state index contributed by atoms with van der Waals surface area (Å²) in [5.41, 5.74) is -0.745. The van der Waals surface area contributed by atoms with Crippen LogP contribution in [0.25, 0.3) is 21.5 Å². The third-order valence-corrected chi connectivity index (χ3v) is 4.54. The molecule has 4 nitrogen and oxygen atoms in total. The van der Waals surface area contributed by atoms with E-state index in [0.717, 1.165) is 17.4 Å². The molecular weight excluding hydrogens is 343 g/mol. The van der Waals surface area contributed by atoms with Gasteiger partial charge in [0.25, 0.3) is 0 Å². The predicted octanol–water partition coefficient (Wildman–Crippen LogP) is 4.51. The fourth-order valence-corrected chi connectivity index (χ4v) is 3.26. The molecule has 0 bridgehead atoms. The molecule has 3 aromatic rings. The van der Waals surface area contributed by atoms with Gasteiger partial charge in [0.2, 0.25) is 11.2 Å². The van der Waals surface area contributed by atoms with E-state index in [9.17, 15) is 23.1 Å². The van der Waals surface area contributed by atoms with Gasteiger partial charge in [-0.3, -0.25) is 4.79 Å². The average molecular weight is 355 g/mol. The molecule has 0 spiro atoms. The average Bonchev–Trinajstić information content (AvgIpc) is 2.91. The Hall–Kier alpha value is -2.35. The standard InChI is InChI=1S/C16H12F3NO3S/c1-3-8-4-9-11(5-10(8)21)23-14(16(17,18)19)12(13(9)22)15-20-7(2)6-24-15/h4-6,21H,3H2,1-2H3. The SMILES string of the molecule is CCc1cc2c(=O)c(-c3nc(C)cs3)c(C(F)(F)F)oc2cc1O. The maximum absolute atomic E-state index is 13.4. The molecule has 0 fully saturated rings. The number of alkyl halides is 3. The Labute approximate surface area is 138 Å². The monoisotopic (exact) mass is 355 g/mol. The van der Waals surface area contributed by atoms with Crippen LogP contribution in [0.2, 0.25) is 0 Å². The molecule has 0 radical (unpaired) electrons. The zero-order valence-electron chi connectivity index (χ0n) is 12.7. The molecule has 0 unspecified atom stereocenters. The van der Waals surface area contributed by atoms with Crippen LogP contribution in [-0.4, -0.2) is 10.1 Å². The molecule has 2 aromatic heterocycles. The lowest BCUT2D eigenvalue weighted by atomic mass is 10.1. The highest BCUT2D eigenvalue weighted by Gasteiger charge is 2.40. The number of benzene rings is 1. The summed E-state index contributed by atoms with van der Waals surface area (Å²) in [6, 6.07) is 2.41. The minimum Gasteiger partial charge on any atom is -0.508 e. The van der Waals surface area contributed by atoms with Crippen LogP contribution >= 0.6 is 11.3 Å². The van der Waals surface area contributed by atoms with Crippen molar-refractivity contribution in [2.45, 2.75) is 26.4 Å². The van der Waals surface area contributed by atoms with Gasteiger partial charge in [-0.25, -0.2) is 4.98 Å². The van der Waals surface area contributed by atoms with Crippen molar-refractivity contribution >= 4 is 22.3 Å². The van der Waals surface area contributed by atoms with Gasteiger partial charge in [0.05, 0.1) is 5.39 Å². The van der Waals surface area contributed by atoms with Crippen LogP contribution in [0.5, 0.6) is 5.75 Å². The Balaban J connectivity index is 2.45. The first kappa shape index (κ1) is 16.5. The zero-order valence-corrected chi connectivity index (χ0v) is 13.5. The first-order valence-electron chi connectivity index (χ1n) is 7.04. The van der Waals surface area contributed by atoms with Crippen molar-refractivity contribution in [2.24, 2.45) is 0 Å². The Morgan fingerprint density at radius 1 is 1.33 bits per heavy atom. The van der Waals surface area contributed by atoms with Gasteiger partial charge < -0.3 is 9.52 Å². The van der Waals surface area contributed by atoms with E-state index in [4.69, 9.17) is 4.42 Å². The molecule has 1 N–H and O–H groups in total. The molecule has 126 valence electrons. The third kappa shape index (κ3) is 2.66. The van der Waals surface area contributed by atoms with E-state index < -0.39 is 22.9 Å². The van der Waals surface area contributed by atoms with Crippen LogP contribution in [0.3, 0.4) is 0 Å². The summed E-state index contributed by atoms with van der Waals surface area (Å²) in [7, 11) is 0. The molecule has 0 amide bonds. The van der Waals surface area contributed by atoms with Gasteiger partial charge in [-0.1, -0.05) is 6.92 Å². The van der Waals surface area contributed by atoms with Crippen molar-refractivity contribution in [2.75, 3.05) is 0 Å². The summed E-state index contributed by atoms with van der Waals surface area (Å²) in [5.74, 6) is -1.61. The smallest absolute Gasteiger partial charge is 0.450 e. The van der Waals surface area contributed by atoms with Crippen LogP contribution in [0.4, 0.5) is 13.2 Å². The molecule has 3 rings (SSSR count). The topological polar surface area (TPSA) is 63.3 Å². The van der Waals surface area contributed by atoms with Crippen LogP contribution in [-0.2, 0) is 12.6 Å². The van der Waals surface area contributed by atoms with E-state index in [1.165, 1.54) is 6.07 Å². The summed E-state index contributed by atoms with van der Waals surface area (Å²) in [5, 5.41) is 11.3. The molecule has 8 heteroatoms. The van der Waals surface area contributed by atoms with E-state index in [-0.39, 0.29) is 21.7 Å². The van der Waals surface area contributed by atoms with Crippen molar-refractivity contribution in [1.29, 1.82) is 0 Å². The number of aryl methyl sites for hydroxylation is 2. The normalized spacial score (nSPS) is 12.0. The third-order valence-electron chi connectivity index (χ3n) is 3.56. The van der Waals surface area contributed by atoms with Crippen LogP contribution in [0, 0.1) is 6.92 Å². The van der Waals surface area contributed by atoms with Crippen molar-refractivity contribution in [1.82, 2.24) is 4.98 Å². The van der Waals surface area contributed by atoms with Crippen molar-refractivity contribution in [3.05, 3.63) is 44.8 Å². The largest absolute Gasteiger partial charge is 0.508 e. The molecule has 0 saturated heterocycles. The van der Waals surface area contributed by atoms with Gasteiger partial charge in [-0.15, -0.1) is 11.3 Å². The number of fused-ring (bicyclic) bond motifs is 1. The molecule has 1 aromatic carbocycles. The lowest BCUT2D eigenvalue weighted by Gasteiger charge is -2.12. The number of hydrogen-bond donors (Lipinski definition) is 1. The number of aromatic hydroxyl groups is 1. The Morgan fingerprint density at radius 3 is 2.58 bits per heavy atom.